The van der Waals surface area contributed by atoms with Crippen molar-refractivity contribution in [3.8, 4) is 11.5 Å². The van der Waals surface area contributed by atoms with Gasteiger partial charge in [0.05, 0.1) is 14.2 Å². The van der Waals surface area contributed by atoms with Crippen LogP contribution in [0.3, 0.4) is 0 Å². The molecule has 1 heterocycles. The summed E-state index contributed by atoms with van der Waals surface area (Å²) in [5.74, 6) is 1.76. The molecule has 0 aliphatic rings. The summed E-state index contributed by atoms with van der Waals surface area (Å²) in [5, 5.41) is 12.6. The fourth-order valence-electron chi connectivity index (χ4n) is 2.68. The van der Waals surface area contributed by atoms with E-state index in [0.717, 1.165) is 5.56 Å². The second-order valence-electron chi connectivity index (χ2n) is 5.95. The normalized spacial score (nSPS) is 10.6. The van der Waals surface area contributed by atoms with Gasteiger partial charge in [-0.25, -0.2) is 0 Å². The lowest BCUT2D eigenvalue weighted by molar-refractivity contribution is 0.102. The maximum Gasteiger partial charge on any atom is 0.258 e. The van der Waals surface area contributed by atoms with Gasteiger partial charge < -0.3 is 9.47 Å². The molecule has 2 aromatic carbocycles. The average molecular weight is 433 g/mol. The lowest BCUT2D eigenvalue weighted by Crippen LogP contribution is -2.16. The molecule has 0 spiro atoms. The van der Waals surface area contributed by atoms with Crippen LogP contribution >= 0.6 is 23.4 Å². The summed E-state index contributed by atoms with van der Waals surface area (Å²) >= 11 is 7.73. The summed E-state index contributed by atoms with van der Waals surface area (Å²) in [4.78, 5) is 12.7. The van der Waals surface area contributed by atoms with Crippen molar-refractivity contribution in [2.45, 2.75) is 24.4 Å². The van der Waals surface area contributed by atoms with Crippen molar-refractivity contribution < 1.29 is 14.3 Å². The number of halogens is 1. The van der Waals surface area contributed by atoms with Gasteiger partial charge in [-0.05, 0) is 36.8 Å². The first-order chi connectivity index (χ1) is 14.1. The van der Waals surface area contributed by atoms with Crippen LogP contribution in [0.15, 0.2) is 47.6 Å². The van der Waals surface area contributed by atoms with E-state index >= 15 is 0 Å². The Morgan fingerprint density at radius 3 is 2.59 bits per heavy atom. The van der Waals surface area contributed by atoms with Crippen LogP contribution in [0.4, 0.5) is 5.95 Å². The molecule has 1 aromatic heterocycles. The molecule has 0 aliphatic heterocycles. The number of thioether (sulfide) groups is 1. The Labute approximate surface area is 178 Å². The van der Waals surface area contributed by atoms with Crippen molar-refractivity contribution in [2.24, 2.45) is 0 Å². The second-order valence-corrected chi connectivity index (χ2v) is 7.30. The van der Waals surface area contributed by atoms with Crippen LogP contribution in [0.1, 0.15) is 22.8 Å². The van der Waals surface area contributed by atoms with E-state index in [-0.39, 0.29) is 5.91 Å². The van der Waals surface area contributed by atoms with Crippen LogP contribution in [-0.2, 0) is 12.3 Å². The van der Waals surface area contributed by atoms with Gasteiger partial charge in [0.25, 0.3) is 5.91 Å². The highest BCUT2D eigenvalue weighted by atomic mass is 35.5. The molecule has 29 heavy (non-hydrogen) atoms. The van der Waals surface area contributed by atoms with Crippen LogP contribution in [0.2, 0.25) is 5.02 Å². The van der Waals surface area contributed by atoms with Crippen LogP contribution in [-0.4, -0.2) is 34.9 Å². The number of anilines is 1. The van der Waals surface area contributed by atoms with Crippen molar-refractivity contribution in [1.29, 1.82) is 0 Å². The minimum Gasteiger partial charge on any atom is -0.493 e. The molecule has 1 N–H and O–H groups in total. The van der Waals surface area contributed by atoms with E-state index in [2.05, 4.69) is 15.5 Å². The fraction of sp³-hybridized carbons (Fsp3) is 0.250. The predicted molar refractivity (Wildman–Crippen MR) is 114 cm³/mol. The summed E-state index contributed by atoms with van der Waals surface area (Å²) < 4.78 is 12.3. The number of hydrogen-bond acceptors (Lipinski definition) is 6. The molecule has 0 saturated heterocycles. The van der Waals surface area contributed by atoms with Gasteiger partial charge in [0.2, 0.25) is 5.95 Å². The molecule has 152 valence electrons. The van der Waals surface area contributed by atoms with E-state index in [4.69, 9.17) is 21.1 Å². The average Bonchev–Trinajstić information content (AvgIpc) is 3.13. The molecule has 3 aromatic rings. The number of benzene rings is 2. The Hall–Kier alpha value is -2.71. The third-order valence-electron chi connectivity index (χ3n) is 4.22. The van der Waals surface area contributed by atoms with Gasteiger partial charge >= 0.3 is 0 Å². The third kappa shape index (κ3) is 4.83. The molecule has 0 atom stereocenters. The SMILES string of the molecule is CCn1c(NC(=O)c2ccc(OC)c(OC)c2)nnc1SCc1ccccc1Cl. The van der Waals surface area contributed by atoms with Crippen LogP contribution < -0.4 is 14.8 Å². The summed E-state index contributed by atoms with van der Waals surface area (Å²) in [7, 11) is 3.07. The zero-order valence-electron chi connectivity index (χ0n) is 16.3. The van der Waals surface area contributed by atoms with Gasteiger partial charge in [0, 0.05) is 22.9 Å². The molecule has 0 saturated carbocycles. The molecule has 0 fully saturated rings. The van der Waals surface area contributed by atoms with Crippen molar-refractivity contribution in [3.63, 3.8) is 0 Å². The summed E-state index contributed by atoms with van der Waals surface area (Å²) in [5.41, 5.74) is 1.44. The quantitative estimate of drug-likeness (QED) is 0.527. The van der Waals surface area contributed by atoms with Crippen LogP contribution in [0, 0.1) is 0 Å². The maximum absolute atomic E-state index is 12.7. The minimum atomic E-state index is -0.310. The van der Waals surface area contributed by atoms with Gasteiger partial charge in [0.15, 0.2) is 16.7 Å². The van der Waals surface area contributed by atoms with Gasteiger partial charge in [-0.3, -0.25) is 14.7 Å². The zero-order valence-corrected chi connectivity index (χ0v) is 17.9. The molecule has 0 aliphatic carbocycles. The highest BCUT2D eigenvalue weighted by Crippen LogP contribution is 2.29. The van der Waals surface area contributed by atoms with E-state index in [1.54, 1.807) is 25.3 Å². The molecule has 0 radical (unpaired) electrons. The zero-order chi connectivity index (χ0) is 20.8. The number of hydrogen-bond donors (Lipinski definition) is 1. The smallest absolute Gasteiger partial charge is 0.258 e. The van der Waals surface area contributed by atoms with Crippen molar-refractivity contribution >= 4 is 35.2 Å². The first-order valence-corrected chi connectivity index (χ1v) is 10.3. The number of carbonyl (C=O) groups is 1. The van der Waals surface area contributed by atoms with Crippen molar-refractivity contribution in [2.75, 3.05) is 19.5 Å². The minimum absolute atomic E-state index is 0.310. The highest BCUT2D eigenvalue weighted by Gasteiger charge is 2.17. The Balaban J connectivity index is 1.74. The Morgan fingerprint density at radius 2 is 1.90 bits per heavy atom. The molecule has 0 bridgehead atoms. The number of ether oxygens (including phenoxy) is 2. The Bertz CT molecular complexity index is 1010. The third-order valence-corrected chi connectivity index (χ3v) is 5.60. The standard InChI is InChI=1S/C20H21ClN4O3S/c1-4-25-19(22-18(26)13-9-10-16(27-2)17(11-13)28-3)23-24-20(25)29-12-14-7-5-6-8-15(14)21/h5-11H,4,12H2,1-3H3,(H,22,23,26). The molecule has 0 unspecified atom stereocenters. The number of carbonyl (C=O) groups excluding carboxylic acids is 1. The van der Waals surface area contributed by atoms with E-state index in [9.17, 15) is 4.79 Å². The Kier molecular flexibility index (Phi) is 7.00. The highest BCUT2D eigenvalue weighted by molar-refractivity contribution is 7.98. The Morgan fingerprint density at radius 1 is 1.14 bits per heavy atom. The largest absolute Gasteiger partial charge is 0.493 e. The first kappa shape index (κ1) is 21.0. The second kappa shape index (κ2) is 9.67. The molecule has 1 amide bonds. The van der Waals surface area contributed by atoms with Gasteiger partial charge in [-0.15, -0.1) is 10.2 Å². The summed E-state index contributed by atoms with van der Waals surface area (Å²) in [6, 6.07) is 12.6. The van der Waals surface area contributed by atoms with Crippen LogP contribution in [0.5, 0.6) is 11.5 Å². The number of rotatable bonds is 8. The monoisotopic (exact) mass is 432 g/mol. The van der Waals surface area contributed by atoms with Gasteiger partial charge in [-0.2, -0.15) is 0 Å². The molecule has 7 nitrogen and oxygen atoms in total. The van der Waals surface area contributed by atoms with Gasteiger partial charge in [-0.1, -0.05) is 41.6 Å². The van der Waals surface area contributed by atoms with Gasteiger partial charge in [0.1, 0.15) is 0 Å². The van der Waals surface area contributed by atoms with E-state index < -0.39 is 0 Å². The number of aromatic nitrogens is 3. The van der Waals surface area contributed by atoms with Crippen molar-refractivity contribution in [1.82, 2.24) is 14.8 Å². The van der Waals surface area contributed by atoms with Crippen LogP contribution in [0.25, 0.3) is 0 Å². The topological polar surface area (TPSA) is 78.3 Å². The van der Waals surface area contributed by atoms with E-state index in [0.29, 0.717) is 45.5 Å². The number of nitrogens with zero attached hydrogens (tertiary/aromatic N) is 3. The van der Waals surface area contributed by atoms with E-state index in [1.165, 1.54) is 18.9 Å². The summed E-state index contributed by atoms with van der Waals surface area (Å²) in [6.45, 7) is 2.58. The number of nitrogens with one attached hydrogen (secondary N) is 1. The lowest BCUT2D eigenvalue weighted by Gasteiger charge is -2.11. The molecular weight excluding hydrogens is 412 g/mol. The van der Waals surface area contributed by atoms with Crippen molar-refractivity contribution in [3.05, 3.63) is 58.6 Å². The lowest BCUT2D eigenvalue weighted by atomic mass is 10.2. The number of amides is 1. The predicted octanol–water partition coefficient (Wildman–Crippen LogP) is 4.51. The van der Waals surface area contributed by atoms with E-state index in [1.807, 2.05) is 35.8 Å². The summed E-state index contributed by atoms with van der Waals surface area (Å²) in [6.07, 6.45) is 0. The molecule has 9 heteroatoms. The fourth-order valence-corrected chi connectivity index (χ4v) is 3.97. The first-order valence-electron chi connectivity index (χ1n) is 8.90. The molecular formula is C20H21ClN4O3S. The number of methoxy groups -OCH3 is 2. The molecule has 3 rings (SSSR count). The maximum atomic E-state index is 12.7.